The standard InChI is InChI=1S/C18H27N5O2/c1-10-5-6-23(13(7-10)9-19)15(24)8-14-11(2)16-17(20-12(14)3)22(4)21-18(16)25/h10,13H,5-9,19H2,1-4H3,(H,21,25). The maximum Gasteiger partial charge on any atom is 0.273 e. The lowest BCUT2D eigenvalue weighted by molar-refractivity contribution is -0.134. The molecule has 0 radical (unpaired) electrons. The van der Waals surface area contributed by atoms with Crippen molar-refractivity contribution in [2.75, 3.05) is 13.1 Å². The number of hydrogen-bond acceptors (Lipinski definition) is 4. The molecule has 3 rings (SSSR count). The second-order valence-corrected chi connectivity index (χ2v) is 7.28. The van der Waals surface area contributed by atoms with Gasteiger partial charge < -0.3 is 10.6 Å². The SMILES string of the molecule is Cc1nc2c(c(C)c1CC(=O)N1CCC(C)CC1CN)c(=O)[nH]n2C. The lowest BCUT2D eigenvalue weighted by Crippen LogP contribution is -2.49. The molecule has 1 fully saturated rings. The number of aryl methyl sites for hydroxylation is 3. The van der Waals surface area contributed by atoms with Crippen LogP contribution in [-0.4, -0.2) is 44.7 Å². The predicted molar refractivity (Wildman–Crippen MR) is 97.5 cm³/mol. The van der Waals surface area contributed by atoms with Gasteiger partial charge in [-0.3, -0.25) is 19.4 Å². The first kappa shape index (κ1) is 17.7. The molecule has 3 N–H and O–H groups in total. The summed E-state index contributed by atoms with van der Waals surface area (Å²) in [6.07, 6.45) is 2.23. The lowest BCUT2D eigenvalue weighted by atomic mass is 9.91. The highest BCUT2D eigenvalue weighted by Gasteiger charge is 2.29. The molecule has 1 aliphatic rings. The molecule has 0 aromatic carbocycles. The van der Waals surface area contributed by atoms with E-state index in [1.54, 1.807) is 11.7 Å². The molecule has 0 bridgehead atoms. The molecular weight excluding hydrogens is 318 g/mol. The molecule has 1 amide bonds. The summed E-state index contributed by atoms with van der Waals surface area (Å²) in [5.74, 6) is 0.670. The zero-order valence-corrected chi connectivity index (χ0v) is 15.4. The molecule has 0 saturated carbocycles. The minimum absolute atomic E-state index is 0.0714. The van der Waals surface area contributed by atoms with E-state index in [-0.39, 0.29) is 23.9 Å². The Hall–Kier alpha value is -2.15. The number of pyridine rings is 1. The van der Waals surface area contributed by atoms with Gasteiger partial charge >= 0.3 is 0 Å². The molecule has 0 spiro atoms. The molecule has 3 heterocycles. The summed E-state index contributed by atoms with van der Waals surface area (Å²) in [7, 11) is 1.77. The molecule has 7 nitrogen and oxygen atoms in total. The van der Waals surface area contributed by atoms with Crippen LogP contribution in [0.25, 0.3) is 11.0 Å². The molecular formula is C18H27N5O2. The van der Waals surface area contributed by atoms with Crippen molar-refractivity contribution in [3.05, 3.63) is 27.2 Å². The summed E-state index contributed by atoms with van der Waals surface area (Å²) < 4.78 is 1.62. The molecule has 25 heavy (non-hydrogen) atoms. The fourth-order valence-corrected chi connectivity index (χ4v) is 3.96. The third-order valence-corrected chi connectivity index (χ3v) is 5.47. The number of likely N-dealkylation sites (tertiary alicyclic amines) is 1. The number of aromatic amines is 1. The fourth-order valence-electron chi connectivity index (χ4n) is 3.96. The fraction of sp³-hybridized carbons (Fsp3) is 0.611. The Kier molecular flexibility index (Phi) is 4.69. The van der Waals surface area contributed by atoms with E-state index in [9.17, 15) is 9.59 Å². The maximum atomic E-state index is 12.9. The highest BCUT2D eigenvalue weighted by Crippen LogP contribution is 2.25. The van der Waals surface area contributed by atoms with E-state index in [4.69, 9.17) is 5.73 Å². The topological polar surface area (TPSA) is 97.0 Å². The van der Waals surface area contributed by atoms with E-state index in [1.807, 2.05) is 18.7 Å². The van der Waals surface area contributed by atoms with Gasteiger partial charge in [-0.2, -0.15) is 0 Å². The monoisotopic (exact) mass is 345 g/mol. The summed E-state index contributed by atoms with van der Waals surface area (Å²) in [4.78, 5) is 31.6. The van der Waals surface area contributed by atoms with E-state index in [2.05, 4.69) is 17.0 Å². The van der Waals surface area contributed by atoms with Crippen molar-refractivity contribution in [1.29, 1.82) is 0 Å². The van der Waals surface area contributed by atoms with E-state index >= 15 is 0 Å². The van der Waals surface area contributed by atoms with Crippen LogP contribution in [0.5, 0.6) is 0 Å². The molecule has 2 unspecified atom stereocenters. The highest BCUT2D eigenvalue weighted by atomic mass is 16.2. The minimum Gasteiger partial charge on any atom is -0.338 e. The third-order valence-electron chi connectivity index (χ3n) is 5.47. The Balaban J connectivity index is 1.93. The van der Waals surface area contributed by atoms with Crippen LogP contribution >= 0.6 is 0 Å². The Labute approximate surface area is 147 Å². The minimum atomic E-state index is -0.164. The molecule has 2 atom stereocenters. The number of carbonyl (C=O) groups is 1. The van der Waals surface area contributed by atoms with E-state index < -0.39 is 0 Å². The van der Waals surface area contributed by atoms with Crippen molar-refractivity contribution >= 4 is 16.9 Å². The number of fused-ring (bicyclic) bond motifs is 1. The number of nitrogens with one attached hydrogen (secondary N) is 1. The van der Waals surface area contributed by atoms with Gasteiger partial charge in [0.1, 0.15) is 0 Å². The molecule has 136 valence electrons. The zero-order chi connectivity index (χ0) is 18.3. The summed E-state index contributed by atoms with van der Waals surface area (Å²) in [6.45, 7) is 7.24. The van der Waals surface area contributed by atoms with E-state index in [0.717, 1.165) is 36.2 Å². The molecule has 0 aliphatic carbocycles. The van der Waals surface area contributed by atoms with Gasteiger partial charge in [0.15, 0.2) is 5.65 Å². The number of piperidine rings is 1. The zero-order valence-electron chi connectivity index (χ0n) is 15.4. The number of amides is 1. The van der Waals surface area contributed by atoms with Gasteiger partial charge in [0.25, 0.3) is 5.56 Å². The molecule has 1 aliphatic heterocycles. The summed E-state index contributed by atoms with van der Waals surface area (Å²) in [5.41, 5.74) is 8.84. The number of hydrogen-bond donors (Lipinski definition) is 2. The summed E-state index contributed by atoms with van der Waals surface area (Å²) in [6, 6.07) is 0.105. The van der Waals surface area contributed by atoms with Gasteiger partial charge in [-0.1, -0.05) is 6.92 Å². The van der Waals surface area contributed by atoms with Crippen LogP contribution in [0, 0.1) is 19.8 Å². The third kappa shape index (κ3) is 3.08. The van der Waals surface area contributed by atoms with Crippen LogP contribution in [-0.2, 0) is 18.3 Å². The van der Waals surface area contributed by atoms with Crippen LogP contribution in [0.4, 0.5) is 0 Å². The van der Waals surface area contributed by atoms with Gasteiger partial charge in [0.2, 0.25) is 5.91 Å². The summed E-state index contributed by atoms with van der Waals surface area (Å²) in [5, 5.41) is 3.30. The van der Waals surface area contributed by atoms with E-state index in [0.29, 0.717) is 23.5 Å². The second-order valence-electron chi connectivity index (χ2n) is 7.28. The Morgan fingerprint density at radius 3 is 2.80 bits per heavy atom. The van der Waals surface area contributed by atoms with E-state index in [1.165, 1.54) is 0 Å². The second kappa shape index (κ2) is 6.63. The Morgan fingerprint density at radius 1 is 1.40 bits per heavy atom. The average Bonchev–Trinajstić information content (AvgIpc) is 2.84. The first-order valence-corrected chi connectivity index (χ1v) is 8.87. The van der Waals surface area contributed by atoms with Gasteiger partial charge in [0.05, 0.1) is 11.8 Å². The largest absolute Gasteiger partial charge is 0.338 e. The van der Waals surface area contributed by atoms with Crippen molar-refractivity contribution in [2.45, 2.75) is 46.1 Å². The van der Waals surface area contributed by atoms with Gasteiger partial charge in [-0.05, 0) is 43.7 Å². The number of H-pyrrole nitrogens is 1. The van der Waals surface area contributed by atoms with Crippen LogP contribution in [0.15, 0.2) is 4.79 Å². The average molecular weight is 345 g/mol. The van der Waals surface area contributed by atoms with Crippen LogP contribution in [0.3, 0.4) is 0 Å². The quantitative estimate of drug-likeness (QED) is 0.867. The number of carbonyl (C=O) groups excluding carboxylic acids is 1. The smallest absolute Gasteiger partial charge is 0.273 e. The number of rotatable bonds is 3. The Morgan fingerprint density at radius 2 is 2.12 bits per heavy atom. The van der Waals surface area contributed by atoms with Crippen LogP contribution < -0.4 is 11.3 Å². The van der Waals surface area contributed by atoms with Crippen LogP contribution in [0.2, 0.25) is 0 Å². The van der Waals surface area contributed by atoms with Gasteiger partial charge in [0, 0.05) is 31.9 Å². The number of nitrogens with zero attached hydrogens (tertiary/aromatic N) is 3. The van der Waals surface area contributed by atoms with Crippen LogP contribution in [0.1, 0.15) is 36.6 Å². The first-order chi connectivity index (χ1) is 11.8. The van der Waals surface area contributed by atoms with Crippen molar-refractivity contribution in [2.24, 2.45) is 18.7 Å². The van der Waals surface area contributed by atoms with Gasteiger partial charge in [-0.15, -0.1) is 0 Å². The van der Waals surface area contributed by atoms with Crippen molar-refractivity contribution in [3.63, 3.8) is 0 Å². The molecule has 1 saturated heterocycles. The van der Waals surface area contributed by atoms with Crippen molar-refractivity contribution in [3.8, 4) is 0 Å². The highest BCUT2D eigenvalue weighted by molar-refractivity contribution is 5.85. The first-order valence-electron chi connectivity index (χ1n) is 8.87. The van der Waals surface area contributed by atoms with Crippen molar-refractivity contribution < 1.29 is 4.79 Å². The normalized spacial score (nSPS) is 21.1. The number of aromatic nitrogens is 3. The maximum absolute atomic E-state index is 12.9. The van der Waals surface area contributed by atoms with Gasteiger partial charge in [-0.25, -0.2) is 4.98 Å². The molecule has 2 aromatic rings. The lowest BCUT2D eigenvalue weighted by Gasteiger charge is -2.38. The van der Waals surface area contributed by atoms with Crippen molar-refractivity contribution in [1.82, 2.24) is 19.7 Å². The number of nitrogens with two attached hydrogens (primary N) is 1. The predicted octanol–water partition coefficient (Wildman–Crippen LogP) is 1.01. The Bertz CT molecular complexity index is 866. The summed E-state index contributed by atoms with van der Waals surface area (Å²) >= 11 is 0. The molecule has 2 aromatic heterocycles. The molecule has 7 heteroatoms.